The zero-order valence-corrected chi connectivity index (χ0v) is 13.2. The summed E-state index contributed by atoms with van der Waals surface area (Å²) in [6.07, 6.45) is 4.01. The second-order valence-electron chi connectivity index (χ2n) is 5.93. The molecule has 1 aromatic carbocycles. The Bertz CT molecular complexity index is 561. The van der Waals surface area contributed by atoms with Crippen LogP contribution in [0.25, 0.3) is 0 Å². The number of nitrogens with one attached hydrogen (secondary N) is 2. The van der Waals surface area contributed by atoms with E-state index in [9.17, 15) is 0 Å². The first kappa shape index (κ1) is 15.3. The molecule has 2 aromatic rings. The highest BCUT2D eigenvalue weighted by Crippen LogP contribution is 2.22. The Hall–Kier alpha value is -1.62. The van der Waals surface area contributed by atoms with Crippen molar-refractivity contribution in [2.75, 3.05) is 32.8 Å². The van der Waals surface area contributed by atoms with Crippen molar-refractivity contribution in [1.82, 2.24) is 15.2 Å². The van der Waals surface area contributed by atoms with Gasteiger partial charge < -0.3 is 15.0 Å². The van der Waals surface area contributed by atoms with Gasteiger partial charge >= 0.3 is 0 Å². The zero-order chi connectivity index (χ0) is 15.2. The van der Waals surface area contributed by atoms with Crippen LogP contribution in [-0.2, 0) is 11.3 Å². The Labute approximate surface area is 132 Å². The number of hydrogen-bond acceptors (Lipinski definition) is 3. The molecular weight excluding hydrogens is 274 g/mol. The van der Waals surface area contributed by atoms with E-state index in [-0.39, 0.29) is 0 Å². The van der Waals surface area contributed by atoms with Gasteiger partial charge in [-0.15, -0.1) is 0 Å². The van der Waals surface area contributed by atoms with E-state index in [1.54, 1.807) is 0 Å². The van der Waals surface area contributed by atoms with Gasteiger partial charge in [0.2, 0.25) is 0 Å². The summed E-state index contributed by atoms with van der Waals surface area (Å²) < 4.78 is 5.51. The van der Waals surface area contributed by atoms with E-state index in [0.29, 0.717) is 6.04 Å². The van der Waals surface area contributed by atoms with Crippen LogP contribution < -0.4 is 5.32 Å². The Balaban J connectivity index is 1.67. The summed E-state index contributed by atoms with van der Waals surface area (Å²) in [7, 11) is 0. The number of aromatic amines is 1. The maximum absolute atomic E-state index is 5.51. The van der Waals surface area contributed by atoms with Crippen LogP contribution in [0.2, 0.25) is 0 Å². The molecule has 4 nitrogen and oxygen atoms in total. The molecule has 2 heterocycles. The number of rotatable bonds is 6. The molecule has 0 radical (unpaired) electrons. The summed E-state index contributed by atoms with van der Waals surface area (Å²) in [5.41, 5.74) is 4.01. The maximum Gasteiger partial charge on any atom is 0.0594 e. The van der Waals surface area contributed by atoms with Gasteiger partial charge in [0.15, 0.2) is 0 Å². The van der Waals surface area contributed by atoms with Crippen molar-refractivity contribution in [3.05, 3.63) is 59.4 Å². The highest BCUT2D eigenvalue weighted by atomic mass is 16.5. The van der Waals surface area contributed by atoms with Gasteiger partial charge in [-0.05, 0) is 24.1 Å². The largest absolute Gasteiger partial charge is 0.379 e. The molecular formula is C18H25N3O. The first-order valence-electron chi connectivity index (χ1n) is 8.03. The van der Waals surface area contributed by atoms with Gasteiger partial charge in [-0.25, -0.2) is 0 Å². The lowest BCUT2D eigenvalue weighted by atomic mass is 10.0. The lowest BCUT2D eigenvalue weighted by Crippen LogP contribution is -2.42. The van der Waals surface area contributed by atoms with Crippen LogP contribution >= 0.6 is 0 Å². The van der Waals surface area contributed by atoms with Gasteiger partial charge in [-0.3, -0.25) is 4.90 Å². The van der Waals surface area contributed by atoms with Crippen LogP contribution in [-0.4, -0.2) is 42.7 Å². The van der Waals surface area contributed by atoms with Crippen LogP contribution in [0.3, 0.4) is 0 Å². The quantitative estimate of drug-likeness (QED) is 0.861. The van der Waals surface area contributed by atoms with E-state index in [0.717, 1.165) is 39.4 Å². The van der Waals surface area contributed by atoms with Crippen molar-refractivity contribution in [3.8, 4) is 0 Å². The average molecular weight is 299 g/mol. The van der Waals surface area contributed by atoms with E-state index in [2.05, 4.69) is 52.5 Å². The number of aromatic nitrogens is 1. The molecule has 1 atom stereocenters. The lowest BCUT2D eigenvalue weighted by molar-refractivity contribution is 0.0161. The van der Waals surface area contributed by atoms with Gasteiger partial charge in [-0.1, -0.05) is 29.8 Å². The number of aryl methyl sites for hydroxylation is 1. The number of benzene rings is 1. The first-order chi connectivity index (χ1) is 10.8. The number of H-pyrrole nitrogens is 1. The van der Waals surface area contributed by atoms with Crippen molar-refractivity contribution in [1.29, 1.82) is 0 Å². The number of nitrogens with zero attached hydrogens (tertiary/aromatic N) is 1. The van der Waals surface area contributed by atoms with Gasteiger partial charge in [0.25, 0.3) is 0 Å². The number of ether oxygens (including phenoxy) is 1. The summed E-state index contributed by atoms with van der Waals surface area (Å²) in [5.74, 6) is 0. The monoisotopic (exact) mass is 299 g/mol. The molecule has 1 fully saturated rings. The Morgan fingerprint density at radius 2 is 2.14 bits per heavy atom. The molecule has 1 aromatic heterocycles. The second-order valence-corrected chi connectivity index (χ2v) is 5.93. The van der Waals surface area contributed by atoms with E-state index >= 15 is 0 Å². The van der Waals surface area contributed by atoms with E-state index in [1.165, 1.54) is 16.7 Å². The molecule has 0 spiro atoms. The van der Waals surface area contributed by atoms with Crippen LogP contribution in [0.4, 0.5) is 0 Å². The third-order valence-electron chi connectivity index (χ3n) is 4.24. The summed E-state index contributed by atoms with van der Waals surface area (Å²) in [4.78, 5) is 5.63. The van der Waals surface area contributed by atoms with Crippen molar-refractivity contribution in [3.63, 3.8) is 0 Å². The molecule has 1 unspecified atom stereocenters. The molecule has 3 rings (SSSR count). The van der Waals surface area contributed by atoms with Crippen LogP contribution in [0.1, 0.15) is 22.7 Å². The summed E-state index contributed by atoms with van der Waals surface area (Å²) >= 11 is 0. The minimum atomic E-state index is 0.405. The molecule has 2 N–H and O–H groups in total. The van der Waals surface area contributed by atoms with Crippen LogP contribution in [0, 0.1) is 6.92 Å². The normalized spacial score (nSPS) is 17.5. The van der Waals surface area contributed by atoms with E-state index in [4.69, 9.17) is 4.74 Å². The smallest absolute Gasteiger partial charge is 0.0594 e. The van der Waals surface area contributed by atoms with Gasteiger partial charge in [0.05, 0.1) is 13.2 Å². The average Bonchev–Trinajstić information content (AvgIpc) is 3.06. The molecule has 22 heavy (non-hydrogen) atoms. The summed E-state index contributed by atoms with van der Waals surface area (Å²) in [6.45, 7) is 7.69. The first-order valence-corrected chi connectivity index (χ1v) is 8.03. The third-order valence-corrected chi connectivity index (χ3v) is 4.24. The van der Waals surface area contributed by atoms with Gasteiger partial charge in [0.1, 0.15) is 0 Å². The Morgan fingerprint density at radius 1 is 1.27 bits per heavy atom. The van der Waals surface area contributed by atoms with Gasteiger partial charge in [-0.2, -0.15) is 0 Å². The summed E-state index contributed by atoms with van der Waals surface area (Å²) in [6, 6.07) is 11.4. The number of hydrogen-bond donors (Lipinski definition) is 2. The number of morpholine rings is 1. The second kappa shape index (κ2) is 7.58. The third kappa shape index (κ3) is 3.97. The Kier molecular flexibility index (Phi) is 5.27. The molecule has 1 aliphatic rings. The van der Waals surface area contributed by atoms with Crippen molar-refractivity contribution in [2.45, 2.75) is 19.5 Å². The molecule has 0 bridgehead atoms. The molecule has 0 saturated carbocycles. The molecule has 1 saturated heterocycles. The fraction of sp³-hybridized carbons (Fsp3) is 0.444. The van der Waals surface area contributed by atoms with Crippen LogP contribution in [0.5, 0.6) is 0 Å². The zero-order valence-electron chi connectivity index (χ0n) is 13.2. The minimum Gasteiger partial charge on any atom is -0.379 e. The SMILES string of the molecule is Cc1cccc(C(CNCc2cc[nH]c2)N2CCOCC2)c1. The molecule has 1 aliphatic heterocycles. The molecule has 0 amide bonds. The molecule has 0 aliphatic carbocycles. The fourth-order valence-electron chi connectivity index (χ4n) is 3.05. The summed E-state index contributed by atoms with van der Waals surface area (Å²) in [5, 5.41) is 3.60. The van der Waals surface area contributed by atoms with Crippen molar-refractivity contribution in [2.24, 2.45) is 0 Å². The predicted molar refractivity (Wildman–Crippen MR) is 88.8 cm³/mol. The maximum atomic E-state index is 5.51. The molecule has 4 heteroatoms. The van der Waals surface area contributed by atoms with Crippen molar-refractivity contribution < 1.29 is 4.74 Å². The highest BCUT2D eigenvalue weighted by Gasteiger charge is 2.22. The van der Waals surface area contributed by atoms with Crippen molar-refractivity contribution >= 4 is 0 Å². The van der Waals surface area contributed by atoms with Gasteiger partial charge in [0, 0.05) is 44.6 Å². The lowest BCUT2D eigenvalue weighted by Gasteiger charge is -2.35. The molecule has 118 valence electrons. The van der Waals surface area contributed by atoms with E-state index in [1.807, 2.05) is 12.4 Å². The van der Waals surface area contributed by atoms with Crippen LogP contribution in [0.15, 0.2) is 42.7 Å². The predicted octanol–water partition coefficient (Wildman–Crippen LogP) is 2.49. The minimum absolute atomic E-state index is 0.405. The Morgan fingerprint density at radius 3 is 2.86 bits per heavy atom. The standard InChI is InChI=1S/C18H25N3O/c1-15-3-2-4-17(11-15)18(21-7-9-22-10-8-21)14-20-13-16-5-6-19-12-16/h2-6,11-12,18-20H,7-10,13-14H2,1H3. The van der Waals surface area contributed by atoms with E-state index < -0.39 is 0 Å². The fourth-order valence-corrected chi connectivity index (χ4v) is 3.05. The topological polar surface area (TPSA) is 40.3 Å². The highest BCUT2D eigenvalue weighted by molar-refractivity contribution is 5.25.